The molecule has 0 atom stereocenters. The van der Waals surface area contributed by atoms with Gasteiger partial charge in [0.25, 0.3) is 0 Å². The Hall–Kier alpha value is -2.34. The number of nitrogens with zero attached hydrogens (tertiary/aromatic N) is 2. The smallest absolute Gasteiger partial charge is 0.317 e. The van der Waals surface area contributed by atoms with E-state index < -0.39 is 0 Å². The molecule has 0 radical (unpaired) electrons. The molecule has 1 aliphatic rings. The van der Waals surface area contributed by atoms with Gasteiger partial charge in [-0.3, -0.25) is 4.79 Å². The second-order valence-electron chi connectivity index (χ2n) is 6.46. The summed E-state index contributed by atoms with van der Waals surface area (Å²) in [4.78, 5) is 27.5. The Labute approximate surface area is 162 Å². The van der Waals surface area contributed by atoms with E-state index in [4.69, 9.17) is 0 Å². The lowest BCUT2D eigenvalue weighted by Crippen LogP contribution is -2.36. The number of rotatable bonds is 5. The summed E-state index contributed by atoms with van der Waals surface area (Å²) in [6, 6.07) is 15.6. The first-order valence-corrected chi connectivity index (χ1v) is 9.45. The zero-order valence-corrected chi connectivity index (χ0v) is 16.3. The van der Waals surface area contributed by atoms with Crippen LogP contribution in [0.1, 0.15) is 24.0 Å². The number of halogens is 1. The largest absolute Gasteiger partial charge is 0.334 e. The summed E-state index contributed by atoms with van der Waals surface area (Å²) in [6.07, 6.45) is 1.55. The molecule has 3 rings (SSSR count). The zero-order valence-electron chi connectivity index (χ0n) is 14.7. The Kier molecular flexibility index (Phi) is 5.93. The van der Waals surface area contributed by atoms with E-state index in [1.54, 1.807) is 11.9 Å². The molecule has 0 bridgehead atoms. The Bertz CT molecular complexity index is 775. The minimum Gasteiger partial charge on any atom is -0.334 e. The third-order valence-electron chi connectivity index (χ3n) is 4.44. The van der Waals surface area contributed by atoms with Gasteiger partial charge in [0, 0.05) is 43.3 Å². The van der Waals surface area contributed by atoms with Gasteiger partial charge in [0.15, 0.2) is 0 Å². The van der Waals surface area contributed by atoms with Crippen LogP contribution < -0.4 is 10.2 Å². The van der Waals surface area contributed by atoms with Gasteiger partial charge in [-0.2, -0.15) is 0 Å². The van der Waals surface area contributed by atoms with Crippen LogP contribution in [-0.4, -0.2) is 30.4 Å². The average Bonchev–Trinajstić information content (AvgIpc) is 3.08. The van der Waals surface area contributed by atoms with Crippen molar-refractivity contribution in [3.8, 4) is 0 Å². The lowest BCUT2D eigenvalue weighted by Gasteiger charge is -2.19. The van der Waals surface area contributed by atoms with E-state index in [2.05, 4.69) is 21.2 Å². The van der Waals surface area contributed by atoms with Crippen LogP contribution in [0.2, 0.25) is 0 Å². The van der Waals surface area contributed by atoms with Gasteiger partial charge in [-0.05, 0) is 41.8 Å². The lowest BCUT2D eigenvalue weighted by atomic mass is 10.2. The number of carbonyl (C=O) groups excluding carboxylic acids is 2. The Morgan fingerprint density at radius 2 is 1.77 bits per heavy atom. The highest BCUT2D eigenvalue weighted by atomic mass is 79.9. The summed E-state index contributed by atoms with van der Waals surface area (Å²) in [7, 11) is 1.78. The van der Waals surface area contributed by atoms with E-state index in [0.29, 0.717) is 19.5 Å². The van der Waals surface area contributed by atoms with E-state index >= 15 is 0 Å². The van der Waals surface area contributed by atoms with Gasteiger partial charge in [-0.15, -0.1) is 0 Å². The van der Waals surface area contributed by atoms with E-state index in [9.17, 15) is 9.59 Å². The van der Waals surface area contributed by atoms with Crippen LogP contribution in [0.4, 0.5) is 10.5 Å². The number of benzene rings is 2. The molecule has 1 fully saturated rings. The fraction of sp³-hybridized carbons (Fsp3) is 0.300. The number of hydrogen-bond donors (Lipinski definition) is 1. The molecule has 2 aromatic carbocycles. The minimum atomic E-state index is -0.119. The number of urea groups is 1. The average molecular weight is 416 g/mol. The van der Waals surface area contributed by atoms with Crippen molar-refractivity contribution >= 4 is 33.6 Å². The number of hydrogen-bond acceptors (Lipinski definition) is 2. The first-order chi connectivity index (χ1) is 12.5. The first-order valence-electron chi connectivity index (χ1n) is 8.65. The molecule has 0 spiro atoms. The molecule has 0 aliphatic carbocycles. The minimum absolute atomic E-state index is 0.119. The molecule has 1 heterocycles. The summed E-state index contributed by atoms with van der Waals surface area (Å²) < 4.78 is 1.02. The van der Waals surface area contributed by atoms with Crippen LogP contribution in [0.15, 0.2) is 53.0 Å². The predicted octanol–water partition coefficient (Wildman–Crippen LogP) is 3.92. The van der Waals surface area contributed by atoms with Gasteiger partial charge >= 0.3 is 6.03 Å². The fourth-order valence-electron chi connectivity index (χ4n) is 2.96. The standard InChI is InChI=1S/C20H22BrN3O2/c1-23(14-16-4-8-17(21)9-5-16)20(26)22-13-15-6-10-18(11-7-15)24-12-2-3-19(24)25/h4-11H,2-3,12-14H2,1H3,(H,22,26). The molecule has 6 heteroatoms. The van der Waals surface area contributed by atoms with Crippen molar-refractivity contribution < 1.29 is 9.59 Å². The Balaban J connectivity index is 1.50. The molecule has 0 unspecified atom stereocenters. The van der Waals surface area contributed by atoms with Gasteiger partial charge in [0.2, 0.25) is 5.91 Å². The third kappa shape index (κ3) is 4.64. The molecular formula is C20H22BrN3O2. The predicted molar refractivity (Wildman–Crippen MR) is 106 cm³/mol. The molecule has 0 aromatic heterocycles. The maximum Gasteiger partial charge on any atom is 0.317 e. The number of carbonyl (C=O) groups is 2. The molecular weight excluding hydrogens is 394 g/mol. The Morgan fingerprint density at radius 3 is 2.38 bits per heavy atom. The zero-order chi connectivity index (χ0) is 18.5. The maximum absolute atomic E-state index is 12.3. The highest BCUT2D eigenvalue weighted by Crippen LogP contribution is 2.21. The van der Waals surface area contributed by atoms with Crippen molar-refractivity contribution in [3.05, 3.63) is 64.1 Å². The number of anilines is 1. The Morgan fingerprint density at radius 1 is 1.12 bits per heavy atom. The first kappa shape index (κ1) is 18.5. The third-order valence-corrected chi connectivity index (χ3v) is 4.97. The van der Waals surface area contributed by atoms with Gasteiger partial charge in [0.1, 0.15) is 0 Å². The number of nitrogens with one attached hydrogen (secondary N) is 1. The van der Waals surface area contributed by atoms with Crippen LogP contribution >= 0.6 is 15.9 Å². The molecule has 3 amide bonds. The maximum atomic E-state index is 12.3. The van der Waals surface area contributed by atoms with Crippen molar-refractivity contribution in [2.24, 2.45) is 0 Å². The van der Waals surface area contributed by atoms with Crippen LogP contribution in [0.25, 0.3) is 0 Å². The van der Waals surface area contributed by atoms with Crippen LogP contribution in [0, 0.1) is 0 Å². The molecule has 1 aliphatic heterocycles. The number of amides is 3. The van der Waals surface area contributed by atoms with Gasteiger partial charge in [-0.25, -0.2) is 4.79 Å². The van der Waals surface area contributed by atoms with Crippen molar-refractivity contribution in [3.63, 3.8) is 0 Å². The van der Waals surface area contributed by atoms with Crippen LogP contribution in [-0.2, 0) is 17.9 Å². The summed E-state index contributed by atoms with van der Waals surface area (Å²) >= 11 is 3.41. The van der Waals surface area contributed by atoms with Gasteiger partial charge in [-0.1, -0.05) is 40.2 Å². The highest BCUT2D eigenvalue weighted by Gasteiger charge is 2.21. The van der Waals surface area contributed by atoms with Crippen molar-refractivity contribution in [2.45, 2.75) is 25.9 Å². The molecule has 2 aromatic rings. The van der Waals surface area contributed by atoms with E-state index in [1.165, 1.54) is 0 Å². The SMILES string of the molecule is CN(Cc1ccc(Br)cc1)C(=O)NCc1ccc(N2CCCC2=O)cc1. The molecule has 136 valence electrons. The monoisotopic (exact) mass is 415 g/mol. The quantitative estimate of drug-likeness (QED) is 0.804. The topological polar surface area (TPSA) is 52.7 Å². The highest BCUT2D eigenvalue weighted by molar-refractivity contribution is 9.10. The second-order valence-corrected chi connectivity index (χ2v) is 7.37. The lowest BCUT2D eigenvalue weighted by molar-refractivity contribution is -0.117. The van der Waals surface area contributed by atoms with E-state index in [0.717, 1.165) is 34.3 Å². The van der Waals surface area contributed by atoms with E-state index in [-0.39, 0.29) is 11.9 Å². The molecule has 1 saturated heterocycles. The summed E-state index contributed by atoms with van der Waals surface area (Å²) in [5, 5.41) is 2.93. The van der Waals surface area contributed by atoms with Gasteiger partial charge < -0.3 is 15.1 Å². The van der Waals surface area contributed by atoms with Crippen LogP contribution in [0.3, 0.4) is 0 Å². The summed E-state index contributed by atoms with van der Waals surface area (Å²) in [5.41, 5.74) is 3.01. The normalized spacial score (nSPS) is 13.8. The van der Waals surface area contributed by atoms with Crippen LogP contribution in [0.5, 0.6) is 0 Å². The van der Waals surface area contributed by atoms with Crippen molar-refractivity contribution in [1.82, 2.24) is 10.2 Å². The van der Waals surface area contributed by atoms with E-state index in [1.807, 2.05) is 53.4 Å². The summed E-state index contributed by atoms with van der Waals surface area (Å²) in [5.74, 6) is 0.181. The summed E-state index contributed by atoms with van der Waals surface area (Å²) in [6.45, 7) is 1.79. The molecule has 5 nitrogen and oxygen atoms in total. The fourth-order valence-corrected chi connectivity index (χ4v) is 3.23. The molecule has 0 saturated carbocycles. The second kappa shape index (κ2) is 8.36. The molecule has 1 N–H and O–H groups in total. The van der Waals surface area contributed by atoms with Crippen molar-refractivity contribution in [1.29, 1.82) is 0 Å². The van der Waals surface area contributed by atoms with Crippen molar-refractivity contribution in [2.75, 3.05) is 18.5 Å². The molecule has 26 heavy (non-hydrogen) atoms. The van der Waals surface area contributed by atoms with Gasteiger partial charge in [0.05, 0.1) is 0 Å².